The molecular weight excluding hydrogens is 381 g/mol. The molecule has 0 saturated carbocycles. The lowest BCUT2D eigenvalue weighted by Gasteiger charge is -2.32. The molecule has 0 bridgehead atoms. The number of carbonyl (C=O) groups excluding carboxylic acids is 1. The van der Waals surface area contributed by atoms with Crippen LogP contribution in [0.2, 0.25) is 0 Å². The van der Waals surface area contributed by atoms with Crippen molar-refractivity contribution in [2.75, 3.05) is 40.4 Å². The van der Waals surface area contributed by atoms with E-state index in [9.17, 15) is 19.3 Å². The summed E-state index contributed by atoms with van der Waals surface area (Å²) in [6, 6.07) is 8.91. The zero-order chi connectivity index (χ0) is 21.0. The summed E-state index contributed by atoms with van der Waals surface area (Å²) in [5.41, 5.74) is 0.890. The molecule has 9 heteroatoms. The van der Waals surface area contributed by atoms with Crippen LogP contribution in [0.5, 0.6) is 11.5 Å². The van der Waals surface area contributed by atoms with E-state index in [-0.39, 0.29) is 22.9 Å². The molecule has 1 amide bonds. The van der Waals surface area contributed by atoms with Crippen LogP contribution < -0.4 is 14.4 Å². The van der Waals surface area contributed by atoms with Gasteiger partial charge in [0.2, 0.25) is 0 Å². The van der Waals surface area contributed by atoms with Crippen LogP contribution in [0.25, 0.3) is 0 Å². The summed E-state index contributed by atoms with van der Waals surface area (Å²) in [5.74, 6) is -0.162. The number of ether oxygens (including phenoxy) is 2. The van der Waals surface area contributed by atoms with E-state index in [4.69, 9.17) is 9.47 Å². The molecule has 1 heterocycles. The monoisotopic (exact) mass is 404 g/mol. The Kier molecular flexibility index (Phi) is 6.28. The van der Waals surface area contributed by atoms with Crippen molar-refractivity contribution in [2.45, 2.75) is 6.54 Å². The fourth-order valence-electron chi connectivity index (χ4n) is 3.46. The summed E-state index contributed by atoms with van der Waals surface area (Å²) in [6.07, 6.45) is 0. The number of rotatable bonds is 6. The van der Waals surface area contributed by atoms with E-state index in [1.807, 2.05) is 6.07 Å². The molecule has 2 aromatic carbocycles. The van der Waals surface area contributed by atoms with E-state index in [0.29, 0.717) is 38.5 Å². The summed E-state index contributed by atoms with van der Waals surface area (Å²) in [7, 11) is 2.85. The van der Waals surface area contributed by atoms with Gasteiger partial charge in [-0.25, -0.2) is 4.39 Å². The molecule has 0 aromatic heterocycles. The minimum atomic E-state index is -0.535. The normalized spacial score (nSPS) is 14.5. The van der Waals surface area contributed by atoms with Gasteiger partial charge in [-0.05, 0) is 24.3 Å². The molecule has 8 nitrogen and oxygen atoms in total. The van der Waals surface area contributed by atoms with Gasteiger partial charge >= 0.3 is 0 Å². The predicted molar refractivity (Wildman–Crippen MR) is 103 cm³/mol. The van der Waals surface area contributed by atoms with E-state index < -0.39 is 10.7 Å². The fraction of sp³-hybridized carbons (Fsp3) is 0.350. The van der Waals surface area contributed by atoms with Gasteiger partial charge in [0, 0.05) is 17.7 Å². The molecule has 3 rings (SSSR count). The highest BCUT2D eigenvalue weighted by atomic mass is 19.1. The first-order chi connectivity index (χ1) is 13.9. The summed E-state index contributed by atoms with van der Waals surface area (Å²) < 4.78 is 24.0. The Morgan fingerprint density at radius 3 is 2.38 bits per heavy atom. The molecule has 0 aliphatic carbocycles. The number of benzene rings is 2. The molecule has 1 N–H and O–H groups in total. The maximum atomic E-state index is 13.9. The number of halogens is 1. The summed E-state index contributed by atoms with van der Waals surface area (Å²) in [4.78, 5) is 26.3. The van der Waals surface area contributed by atoms with Crippen molar-refractivity contribution in [2.24, 2.45) is 0 Å². The first-order valence-electron chi connectivity index (χ1n) is 9.20. The molecule has 154 valence electrons. The lowest BCUT2D eigenvalue weighted by Crippen LogP contribution is -3.13. The molecule has 1 aliphatic rings. The van der Waals surface area contributed by atoms with Gasteiger partial charge in [-0.2, -0.15) is 0 Å². The van der Waals surface area contributed by atoms with Crippen molar-refractivity contribution in [3.8, 4) is 11.5 Å². The molecular formula is C20H23FN3O5+. The predicted octanol–water partition coefficient (Wildman–Crippen LogP) is 1.29. The van der Waals surface area contributed by atoms with Crippen LogP contribution in [0.3, 0.4) is 0 Å². The maximum Gasteiger partial charge on any atom is 0.270 e. The molecule has 1 aliphatic heterocycles. The Balaban J connectivity index is 1.65. The van der Waals surface area contributed by atoms with Crippen LogP contribution in [0.4, 0.5) is 10.1 Å². The molecule has 29 heavy (non-hydrogen) atoms. The number of non-ortho nitro benzene ring substituents is 1. The summed E-state index contributed by atoms with van der Waals surface area (Å²) in [6.45, 7) is 3.02. The van der Waals surface area contributed by atoms with E-state index in [1.54, 1.807) is 11.0 Å². The third-order valence-electron chi connectivity index (χ3n) is 5.05. The van der Waals surface area contributed by atoms with Crippen molar-refractivity contribution < 1.29 is 28.5 Å². The van der Waals surface area contributed by atoms with Gasteiger partial charge in [0.25, 0.3) is 11.6 Å². The van der Waals surface area contributed by atoms with Crippen molar-refractivity contribution in [3.63, 3.8) is 0 Å². The van der Waals surface area contributed by atoms with Crippen molar-refractivity contribution in [1.29, 1.82) is 0 Å². The molecule has 0 radical (unpaired) electrons. The Labute approximate surface area is 167 Å². The van der Waals surface area contributed by atoms with Crippen LogP contribution in [-0.2, 0) is 6.54 Å². The molecule has 0 unspecified atom stereocenters. The maximum absolute atomic E-state index is 13.9. The van der Waals surface area contributed by atoms with Gasteiger partial charge in [0.15, 0.2) is 11.6 Å². The zero-order valence-electron chi connectivity index (χ0n) is 16.3. The van der Waals surface area contributed by atoms with Gasteiger partial charge in [-0.3, -0.25) is 14.9 Å². The van der Waals surface area contributed by atoms with Gasteiger partial charge in [-0.15, -0.1) is 0 Å². The number of nitro benzene ring substituents is 1. The largest absolute Gasteiger partial charge is 0.496 e. The van der Waals surface area contributed by atoms with Gasteiger partial charge in [0.05, 0.1) is 50.9 Å². The summed E-state index contributed by atoms with van der Waals surface area (Å²) in [5, 5.41) is 11.0. The van der Waals surface area contributed by atoms with Crippen LogP contribution in [0.1, 0.15) is 15.9 Å². The highest BCUT2D eigenvalue weighted by Gasteiger charge is 2.28. The van der Waals surface area contributed by atoms with Crippen molar-refractivity contribution in [1.82, 2.24) is 4.90 Å². The number of nitro groups is 1. The van der Waals surface area contributed by atoms with E-state index in [0.717, 1.165) is 5.56 Å². The van der Waals surface area contributed by atoms with Crippen LogP contribution in [-0.4, -0.2) is 56.1 Å². The number of hydrogen-bond acceptors (Lipinski definition) is 5. The lowest BCUT2D eigenvalue weighted by molar-refractivity contribution is -0.917. The van der Waals surface area contributed by atoms with Crippen LogP contribution in [0.15, 0.2) is 36.4 Å². The first kappa shape index (κ1) is 20.5. The number of amides is 1. The molecule has 0 spiro atoms. The Morgan fingerprint density at radius 1 is 1.14 bits per heavy atom. The molecule has 0 atom stereocenters. The zero-order valence-corrected chi connectivity index (χ0v) is 16.3. The van der Waals surface area contributed by atoms with Gasteiger partial charge < -0.3 is 19.3 Å². The highest BCUT2D eigenvalue weighted by Crippen LogP contribution is 2.25. The smallest absolute Gasteiger partial charge is 0.270 e. The number of nitrogens with one attached hydrogen (secondary N) is 1. The molecule has 2 aromatic rings. The second-order valence-electron chi connectivity index (χ2n) is 6.83. The summed E-state index contributed by atoms with van der Waals surface area (Å²) >= 11 is 0. The fourth-order valence-corrected chi connectivity index (χ4v) is 3.46. The SMILES string of the molecule is COc1ccc(C[NH+]2CCN(C(=O)c3cc([N+](=O)[O-])ccc3OC)CC2)cc1F. The topological polar surface area (TPSA) is 86.4 Å². The molecule has 1 fully saturated rings. The standard InChI is InChI=1S/C20H22FN3O5/c1-28-18-6-4-15(24(26)27)12-16(18)20(25)23-9-7-22(8-10-23)13-14-3-5-19(29-2)17(21)11-14/h3-6,11-12H,7-10,13H2,1-2H3/p+1. The lowest BCUT2D eigenvalue weighted by atomic mass is 10.1. The van der Waals surface area contributed by atoms with E-state index in [2.05, 4.69) is 0 Å². The average Bonchev–Trinajstić information content (AvgIpc) is 2.73. The second kappa shape index (κ2) is 8.87. The number of quaternary nitrogens is 1. The molecule has 1 saturated heterocycles. The Hall–Kier alpha value is -3.20. The van der Waals surface area contributed by atoms with Gasteiger partial charge in [0.1, 0.15) is 12.3 Å². The average molecular weight is 404 g/mol. The third kappa shape index (κ3) is 4.62. The van der Waals surface area contributed by atoms with E-state index in [1.165, 1.54) is 43.4 Å². The third-order valence-corrected chi connectivity index (χ3v) is 5.05. The Morgan fingerprint density at radius 2 is 1.79 bits per heavy atom. The first-order valence-corrected chi connectivity index (χ1v) is 9.20. The quantitative estimate of drug-likeness (QED) is 0.579. The minimum absolute atomic E-state index is 0.153. The van der Waals surface area contributed by atoms with Crippen LogP contribution in [0, 0.1) is 15.9 Å². The van der Waals surface area contributed by atoms with Crippen LogP contribution >= 0.6 is 0 Å². The minimum Gasteiger partial charge on any atom is -0.496 e. The highest BCUT2D eigenvalue weighted by molar-refractivity contribution is 5.97. The Bertz CT molecular complexity index is 913. The number of methoxy groups -OCH3 is 2. The number of piperazine rings is 1. The number of hydrogen-bond donors (Lipinski definition) is 1. The van der Waals surface area contributed by atoms with Gasteiger partial charge in [-0.1, -0.05) is 0 Å². The van der Waals surface area contributed by atoms with Crippen molar-refractivity contribution >= 4 is 11.6 Å². The van der Waals surface area contributed by atoms with E-state index >= 15 is 0 Å². The number of carbonyl (C=O) groups is 1. The van der Waals surface area contributed by atoms with Crippen molar-refractivity contribution in [3.05, 3.63) is 63.5 Å². The second-order valence-corrected chi connectivity index (χ2v) is 6.83. The number of nitrogens with zero attached hydrogens (tertiary/aromatic N) is 2.